The van der Waals surface area contributed by atoms with Gasteiger partial charge in [-0.1, -0.05) is 47.1 Å². The Morgan fingerprint density at radius 3 is 2.81 bits per heavy atom. The molecule has 4 rings (SSSR count). The number of rotatable bonds is 5. The molecule has 1 aromatic carbocycles. The molecule has 26 heavy (non-hydrogen) atoms. The number of halogens is 1. The maximum atomic E-state index is 12.4. The van der Waals surface area contributed by atoms with Gasteiger partial charge in [-0.2, -0.15) is 0 Å². The SMILES string of the molecule is O=C(Nc1nc(-c2ccc(Cl)s2)cs1)c1cn(Cc2ccccc2)nn1. The molecule has 0 bridgehead atoms. The first-order valence-corrected chi connectivity index (χ1v) is 9.71. The molecule has 0 radical (unpaired) electrons. The van der Waals surface area contributed by atoms with E-state index in [0.29, 0.717) is 16.0 Å². The first-order valence-electron chi connectivity index (χ1n) is 7.64. The standard InChI is InChI=1S/C17H12ClN5OS2/c18-15-7-6-14(26-15)13-10-25-17(19-13)20-16(24)12-9-23(22-21-12)8-11-4-2-1-3-5-11/h1-7,9-10H,8H2,(H,19,20,24). The van der Waals surface area contributed by atoms with Crippen molar-refractivity contribution in [2.24, 2.45) is 0 Å². The zero-order valence-corrected chi connectivity index (χ0v) is 15.7. The third kappa shape index (κ3) is 3.82. The van der Waals surface area contributed by atoms with Crippen LogP contribution in [0.15, 0.2) is 54.0 Å². The average Bonchev–Trinajstić information content (AvgIpc) is 3.37. The van der Waals surface area contributed by atoms with E-state index in [-0.39, 0.29) is 11.6 Å². The highest BCUT2D eigenvalue weighted by molar-refractivity contribution is 7.20. The van der Waals surface area contributed by atoms with Gasteiger partial charge >= 0.3 is 0 Å². The first-order chi connectivity index (χ1) is 12.7. The van der Waals surface area contributed by atoms with Crippen LogP contribution in [0.5, 0.6) is 0 Å². The zero-order chi connectivity index (χ0) is 17.9. The molecule has 6 nitrogen and oxygen atoms in total. The van der Waals surface area contributed by atoms with E-state index in [1.54, 1.807) is 10.9 Å². The van der Waals surface area contributed by atoms with Crippen LogP contribution in [0.1, 0.15) is 16.1 Å². The monoisotopic (exact) mass is 401 g/mol. The van der Waals surface area contributed by atoms with Crippen molar-refractivity contribution in [3.63, 3.8) is 0 Å². The van der Waals surface area contributed by atoms with Crippen LogP contribution in [0.4, 0.5) is 5.13 Å². The van der Waals surface area contributed by atoms with Crippen molar-refractivity contribution in [3.8, 4) is 10.6 Å². The van der Waals surface area contributed by atoms with Crippen LogP contribution in [-0.4, -0.2) is 25.9 Å². The van der Waals surface area contributed by atoms with E-state index in [4.69, 9.17) is 11.6 Å². The molecule has 1 N–H and O–H groups in total. The first kappa shape index (κ1) is 16.9. The maximum absolute atomic E-state index is 12.4. The number of hydrogen-bond acceptors (Lipinski definition) is 6. The number of anilines is 1. The van der Waals surface area contributed by atoms with E-state index >= 15 is 0 Å². The second kappa shape index (κ2) is 7.36. The summed E-state index contributed by atoms with van der Waals surface area (Å²) in [4.78, 5) is 17.7. The Bertz CT molecular complexity index is 1040. The number of carbonyl (C=O) groups excluding carboxylic acids is 1. The number of nitrogens with zero attached hydrogens (tertiary/aromatic N) is 4. The number of carbonyl (C=O) groups is 1. The lowest BCUT2D eigenvalue weighted by Crippen LogP contribution is -2.12. The minimum atomic E-state index is -0.338. The minimum absolute atomic E-state index is 0.247. The summed E-state index contributed by atoms with van der Waals surface area (Å²) in [6.45, 7) is 0.557. The van der Waals surface area contributed by atoms with E-state index in [1.165, 1.54) is 22.7 Å². The van der Waals surface area contributed by atoms with Gasteiger partial charge in [-0.25, -0.2) is 9.67 Å². The van der Waals surface area contributed by atoms with Gasteiger partial charge in [0.05, 0.1) is 27.6 Å². The van der Waals surface area contributed by atoms with Gasteiger partial charge in [0.2, 0.25) is 0 Å². The van der Waals surface area contributed by atoms with Crippen molar-refractivity contribution in [3.05, 3.63) is 69.6 Å². The molecule has 1 amide bonds. The molecule has 0 aliphatic heterocycles. The molecular weight excluding hydrogens is 390 g/mol. The number of aromatic nitrogens is 4. The summed E-state index contributed by atoms with van der Waals surface area (Å²) in [6.07, 6.45) is 1.62. The summed E-state index contributed by atoms with van der Waals surface area (Å²) in [7, 11) is 0. The summed E-state index contributed by atoms with van der Waals surface area (Å²) >= 11 is 8.75. The van der Waals surface area contributed by atoms with Crippen LogP contribution in [0.2, 0.25) is 4.34 Å². The number of amides is 1. The number of thiophene rings is 1. The van der Waals surface area contributed by atoms with Crippen LogP contribution in [0.25, 0.3) is 10.6 Å². The van der Waals surface area contributed by atoms with Crippen LogP contribution >= 0.6 is 34.3 Å². The second-order valence-corrected chi connectivity index (χ2v) is 7.96. The van der Waals surface area contributed by atoms with Crippen LogP contribution in [-0.2, 0) is 6.54 Å². The lowest BCUT2D eigenvalue weighted by atomic mass is 10.2. The lowest BCUT2D eigenvalue weighted by Gasteiger charge is -1.99. The largest absolute Gasteiger partial charge is 0.296 e. The Kier molecular flexibility index (Phi) is 4.79. The van der Waals surface area contributed by atoms with E-state index < -0.39 is 0 Å². The third-order valence-corrected chi connectivity index (χ3v) is 5.52. The fourth-order valence-corrected chi connectivity index (χ4v) is 4.09. The molecule has 0 aliphatic rings. The quantitative estimate of drug-likeness (QED) is 0.537. The van der Waals surface area contributed by atoms with Crippen molar-refractivity contribution in [1.82, 2.24) is 20.0 Å². The van der Waals surface area contributed by atoms with E-state index in [9.17, 15) is 4.79 Å². The van der Waals surface area contributed by atoms with Crippen molar-refractivity contribution in [1.29, 1.82) is 0 Å². The number of benzene rings is 1. The van der Waals surface area contributed by atoms with Crippen molar-refractivity contribution >= 4 is 45.3 Å². The van der Waals surface area contributed by atoms with Crippen molar-refractivity contribution in [2.45, 2.75) is 6.54 Å². The number of nitrogens with one attached hydrogen (secondary N) is 1. The second-order valence-electron chi connectivity index (χ2n) is 5.38. The van der Waals surface area contributed by atoms with Gasteiger partial charge in [0.15, 0.2) is 10.8 Å². The molecule has 0 saturated carbocycles. The smallest absolute Gasteiger partial charge is 0.279 e. The van der Waals surface area contributed by atoms with Crippen LogP contribution < -0.4 is 5.32 Å². The number of hydrogen-bond donors (Lipinski definition) is 1. The number of thiazole rings is 1. The molecule has 130 valence electrons. The Morgan fingerprint density at radius 2 is 2.04 bits per heavy atom. The lowest BCUT2D eigenvalue weighted by molar-refractivity contribution is 0.102. The molecule has 0 unspecified atom stereocenters. The highest BCUT2D eigenvalue weighted by Crippen LogP contribution is 2.32. The Labute approximate surface area is 162 Å². The van der Waals surface area contributed by atoms with E-state index in [1.807, 2.05) is 47.8 Å². The molecule has 0 fully saturated rings. The van der Waals surface area contributed by atoms with Crippen LogP contribution in [0.3, 0.4) is 0 Å². The highest BCUT2D eigenvalue weighted by Gasteiger charge is 2.14. The van der Waals surface area contributed by atoms with Gasteiger partial charge in [-0.3, -0.25) is 10.1 Å². The van der Waals surface area contributed by atoms with Gasteiger partial charge in [-0.05, 0) is 17.7 Å². The van der Waals surface area contributed by atoms with Gasteiger partial charge in [0.1, 0.15) is 0 Å². The predicted molar refractivity (Wildman–Crippen MR) is 104 cm³/mol. The molecule has 3 heterocycles. The maximum Gasteiger partial charge on any atom is 0.279 e. The van der Waals surface area contributed by atoms with E-state index in [0.717, 1.165) is 16.1 Å². The van der Waals surface area contributed by atoms with Gasteiger partial charge in [-0.15, -0.1) is 27.8 Å². The topological polar surface area (TPSA) is 72.7 Å². The van der Waals surface area contributed by atoms with Gasteiger partial charge in [0, 0.05) is 5.38 Å². The summed E-state index contributed by atoms with van der Waals surface area (Å²) < 4.78 is 2.33. The van der Waals surface area contributed by atoms with Gasteiger partial charge in [0.25, 0.3) is 5.91 Å². The van der Waals surface area contributed by atoms with Crippen molar-refractivity contribution < 1.29 is 4.79 Å². The Morgan fingerprint density at radius 1 is 1.19 bits per heavy atom. The summed E-state index contributed by atoms with van der Waals surface area (Å²) in [5.41, 5.74) is 2.12. The fraction of sp³-hybridized carbons (Fsp3) is 0.0588. The molecular formula is C17H12ClN5OS2. The summed E-state index contributed by atoms with van der Waals surface area (Å²) in [5, 5.41) is 13.1. The van der Waals surface area contributed by atoms with Gasteiger partial charge < -0.3 is 0 Å². The molecule has 9 heteroatoms. The molecule has 0 atom stereocenters. The Hall–Kier alpha value is -2.55. The summed E-state index contributed by atoms with van der Waals surface area (Å²) in [6, 6.07) is 13.6. The molecule has 0 saturated heterocycles. The summed E-state index contributed by atoms with van der Waals surface area (Å²) in [5.74, 6) is -0.338. The highest BCUT2D eigenvalue weighted by atomic mass is 35.5. The van der Waals surface area contributed by atoms with Crippen LogP contribution in [0, 0.1) is 0 Å². The zero-order valence-electron chi connectivity index (χ0n) is 13.3. The molecule has 0 aliphatic carbocycles. The fourth-order valence-electron chi connectivity index (χ4n) is 2.31. The molecule has 4 aromatic rings. The minimum Gasteiger partial charge on any atom is -0.296 e. The van der Waals surface area contributed by atoms with E-state index in [2.05, 4.69) is 20.6 Å². The predicted octanol–water partition coefficient (Wildman–Crippen LogP) is 4.42. The molecule has 0 spiro atoms. The normalized spacial score (nSPS) is 10.8. The molecule has 3 aromatic heterocycles. The average molecular weight is 402 g/mol. The Balaban J connectivity index is 1.43. The van der Waals surface area contributed by atoms with Crippen molar-refractivity contribution in [2.75, 3.05) is 5.32 Å². The third-order valence-electron chi connectivity index (χ3n) is 3.51.